The molecule has 42 heavy (non-hydrogen) atoms. The van der Waals surface area contributed by atoms with Gasteiger partial charge in [0.15, 0.2) is 0 Å². The molecule has 3 heterocycles. The van der Waals surface area contributed by atoms with E-state index in [1.807, 2.05) is 19.1 Å². The lowest BCUT2D eigenvalue weighted by Crippen LogP contribution is -2.39. The molecule has 1 aliphatic rings. The fourth-order valence-corrected chi connectivity index (χ4v) is 5.24. The summed E-state index contributed by atoms with van der Waals surface area (Å²) < 4.78 is 42.6. The minimum absolute atomic E-state index is 0.0102. The highest BCUT2D eigenvalue weighted by atomic mass is 19.4. The summed E-state index contributed by atoms with van der Waals surface area (Å²) in [6.07, 6.45) is 2.07. The molecule has 2 aromatic heterocycles. The number of hydrogen-bond acceptors (Lipinski definition) is 6. The van der Waals surface area contributed by atoms with E-state index in [4.69, 9.17) is 0 Å². The van der Waals surface area contributed by atoms with E-state index >= 15 is 0 Å². The lowest BCUT2D eigenvalue weighted by molar-refractivity contribution is -0.138. The zero-order chi connectivity index (χ0) is 29.9. The van der Waals surface area contributed by atoms with Gasteiger partial charge in [0.25, 0.3) is 5.91 Å². The number of aromatic nitrogens is 3. The molecule has 5 rings (SSSR count). The second-order valence-electron chi connectivity index (χ2n) is 10.8. The maximum absolute atomic E-state index is 14.2. The number of nitrogens with one attached hydrogen (secondary N) is 2. The molecule has 2 N–H and O–H groups in total. The molecule has 1 atom stereocenters. The summed E-state index contributed by atoms with van der Waals surface area (Å²) in [5.41, 5.74) is 2.56. The van der Waals surface area contributed by atoms with E-state index in [9.17, 15) is 18.0 Å². The highest BCUT2D eigenvalue weighted by molar-refractivity contribution is 6.05. The van der Waals surface area contributed by atoms with Gasteiger partial charge >= 0.3 is 6.18 Å². The quantitative estimate of drug-likeness (QED) is 0.239. The number of piperidine rings is 1. The largest absolute Gasteiger partial charge is 0.417 e. The fourth-order valence-electron chi connectivity index (χ4n) is 5.24. The molecule has 1 amide bonds. The Bertz CT molecular complexity index is 1560. The van der Waals surface area contributed by atoms with Crippen molar-refractivity contribution >= 4 is 23.2 Å². The van der Waals surface area contributed by atoms with Crippen LogP contribution in [0.4, 0.5) is 30.5 Å². The minimum atomic E-state index is -4.67. The van der Waals surface area contributed by atoms with Crippen LogP contribution in [0.2, 0.25) is 0 Å². The Morgan fingerprint density at radius 2 is 1.90 bits per heavy atom. The Kier molecular flexibility index (Phi) is 8.54. The number of hydrogen-bond donors (Lipinski definition) is 2. The molecule has 218 valence electrons. The highest BCUT2D eigenvalue weighted by Gasteiger charge is 2.36. The topological polar surface area (TPSA) is 83.0 Å². The first-order valence-corrected chi connectivity index (χ1v) is 14.0. The molecule has 7 nitrogen and oxygen atoms in total. The van der Waals surface area contributed by atoms with Gasteiger partial charge in [-0.25, -0.2) is 9.97 Å². The molecule has 4 aromatic rings. The molecule has 0 aliphatic carbocycles. The lowest BCUT2D eigenvalue weighted by atomic mass is 9.88. The molecule has 2 aromatic carbocycles. The summed E-state index contributed by atoms with van der Waals surface area (Å²) in [7, 11) is 0. The Balaban J connectivity index is 1.36. The van der Waals surface area contributed by atoms with Crippen LogP contribution in [0.3, 0.4) is 0 Å². The highest BCUT2D eigenvalue weighted by Crippen LogP contribution is 2.37. The van der Waals surface area contributed by atoms with Gasteiger partial charge in [0.1, 0.15) is 0 Å². The number of likely N-dealkylation sites (tertiary alicyclic amines) is 1. The van der Waals surface area contributed by atoms with Crippen molar-refractivity contribution in [2.75, 3.05) is 23.7 Å². The maximum atomic E-state index is 14.2. The summed E-state index contributed by atoms with van der Waals surface area (Å²) in [4.78, 5) is 28.4. The van der Waals surface area contributed by atoms with Crippen LogP contribution < -0.4 is 10.6 Å². The molecule has 1 aliphatic heterocycles. The van der Waals surface area contributed by atoms with Crippen molar-refractivity contribution in [1.29, 1.82) is 0 Å². The number of aryl methyl sites for hydroxylation is 1. The van der Waals surface area contributed by atoms with E-state index in [1.165, 1.54) is 6.07 Å². The lowest BCUT2D eigenvalue weighted by Gasteiger charge is -2.36. The number of rotatable bonds is 7. The first-order valence-electron chi connectivity index (χ1n) is 14.0. The Morgan fingerprint density at radius 1 is 1.07 bits per heavy atom. The van der Waals surface area contributed by atoms with Crippen LogP contribution in [-0.4, -0.2) is 44.9 Å². The standard InChI is InChI=1S/C32H33F3N6O/c1-20(2)41-15-5-7-24(19-41)22-9-11-26(27(16-22)32(33,34)35)30(42)38-25-10-8-21(3)29(17-25)40-31-37-14-12-28(39-31)23-6-4-13-36-18-23/h4,6,8-14,16-18,20,24H,5,7,15,19H2,1-3H3,(H,38,42)(H,37,39,40). The third-order valence-corrected chi connectivity index (χ3v) is 7.60. The second kappa shape index (κ2) is 12.3. The number of benzene rings is 2. The van der Waals surface area contributed by atoms with Crippen molar-refractivity contribution in [2.24, 2.45) is 0 Å². The summed E-state index contributed by atoms with van der Waals surface area (Å²) in [5, 5.41) is 5.79. The van der Waals surface area contributed by atoms with E-state index in [-0.39, 0.29) is 5.92 Å². The van der Waals surface area contributed by atoms with Crippen molar-refractivity contribution in [3.8, 4) is 11.3 Å². The van der Waals surface area contributed by atoms with Gasteiger partial charge in [-0.2, -0.15) is 13.2 Å². The fraction of sp³-hybridized carbons (Fsp3) is 0.312. The van der Waals surface area contributed by atoms with E-state index in [0.29, 0.717) is 41.2 Å². The van der Waals surface area contributed by atoms with E-state index in [2.05, 4.69) is 44.3 Å². The summed E-state index contributed by atoms with van der Waals surface area (Å²) in [6, 6.07) is 15.0. The summed E-state index contributed by atoms with van der Waals surface area (Å²) in [6.45, 7) is 7.70. The van der Waals surface area contributed by atoms with Crippen LogP contribution in [0, 0.1) is 6.92 Å². The van der Waals surface area contributed by atoms with Gasteiger partial charge in [0, 0.05) is 48.1 Å². The molecular weight excluding hydrogens is 541 g/mol. The average molecular weight is 575 g/mol. The molecule has 1 fully saturated rings. The molecule has 0 bridgehead atoms. The molecule has 0 radical (unpaired) electrons. The molecule has 10 heteroatoms. The van der Waals surface area contributed by atoms with E-state index < -0.39 is 23.2 Å². The smallest absolute Gasteiger partial charge is 0.324 e. The average Bonchev–Trinajstić information content (AvgIpc) is 2.99. The van der Waals surface area contributed by atoms with Crippen LogP contribution in [-0.2, 0) is 6.18 Å². The van der Waals surface area contributed by atoms with Gasteiger partial charge in [-0.3, -0.25) is 9.78 Å². The predicted octanol–water partition coefficient (Wildman–Crippen LogP) is 7.45. The Labute approximate surface area is 243 Å². The molecule has 1 unspecified atom stereocenters. The number of halogens is 3. The molecule has 1 saturated heterocycles. The summed E-state index contributed by atoms with van der Waals surface area (Å²) >= 11 is 0. The SMILES string of the molecule is Cc1ccc(NC(=O)c2ccc(C3CCCN(C(C)C)C3)cc2C(F)(F)F)cc1Nc1nccc(-c2cccnc2)n1. The maximum Gasteiger partial charge on any atom is 0.417 e. The van der Waals surface area contributed by atoms with E-state index in [1.54, 1.807) is 48.9 Å². The van der Waals surface area contributed by atoms with Gasteiger partial charge in [0.2, 0.25) is 5.95 Å². The molecular formula is C32H33F3N6O. The number of alkyl halides is 3. The van der Waals surface area contributed by atoms with Gasteiger partial charge in [-0.1, -0.05) is 12.1 Å². The Hall–Kier alpha value is -4.31. The third-order valence-electron chi connectivity index (χ3n) is 7.60. The Morgan fingerprint density at radius 3 is 2.64 bits per heavy atom. The van der Waals surface area contributed by atoms with Crippen molar-refractivity contribution in [3.05, 3.63) is 95.4 Å². The number of carbonyl (C=O) groups excluding carboxylic acids is 1. The van der Waals surface area contributed by atoms with Crippen molar-refractivity contribution in [2.45, 2.75) is 51.7 Å². The van der Waals surface area contributed by atoms with Crippen LogP contribution in [0.15, 0.2) is 73.2 Å². The second-order valence-corrected chi connectivity index (χ2v) is 10.8. The normalized spacial score (nSPS) is 15.9. The van der Waals surface area contributed by atoms with Gasteiger partial charge in [0.05, 0.1) is 16.8 Å². The monoisotopic (exact) mass is 574 g/mol. The first kappa shape index (κ1) is 29.2. The van der Waals surface area contributed by atoms with Gasteiger partial charge < -0.3 is 15.5 Å². The predicted molar refractivity (Wildman–Crippen MR) is 158 cm³/mol. The van der Waals surface area contributed by atoms with E-state index in [0.717, 1.165) is 36.6 Å². The van der Waals surface area contributed by atoms with Crippen molar-refractivity contribution in [3.63, 3.8) is 0 Å². The third kappa shape index (κ3) is 6.76. The number of carbonyl (C=O) groups is 1. The zero-order valence-corrected chi connectivity index (χ0v) is 23.7. The molecule has 0 saturated carbocycles. The van der Waals surface area contributed by atoms with Crippen LogP contribution in [0.25, 0.3) is 11.3 Å². The van der Waals surface area contributed by atoms with Crippen molar-refractivity contribution in [1.82, 2.24) is 19.9 Å². The number of pyridine rings is 1. The van der Waals surface area contributed by atoms with Crippen LogP contribution in [0.5, 0.6) is 0 Å². The van der Waals surface area contributed by atoms with Gasteiger partial charge in [-0.05, 0) is 99.7 Å². The van der Waals surface area contributed by atoms with Crippen LogP contribution >= 0.6 is 0 Å². The number of nitrogens with zero attached hydrogens (tertiary/aromatic N) is 4. The first-order chi connectivity index (χ1) is 20.1. The van der Waals surface area contributed by atoms with Gasteiger partial charge in [-0.15, -0.1) is 0 Å². The molecule has 0 spiro atoms. The summed E-state index contributed by atoms with van der Waals surface area (Å²) in [5.74, 6) is -0.508. The minimum Gasteiger partial charge on any atom is -0.324 e. The van der Waals surface area contributed by atoms with Crippen LogP contribution in [0.1, 0.15) is 59.7 Å². The zero-order valence-electron chi connectivity index (χ0n) is 23.7. The number of anilines is 3. The van der Waals surface area contributed by atoms with Crippen molar-refractivity contribution < 1.29 is 18.0 Å². The number of amides is 1.